The first-order chi connectivity index (χ1) is 9.80. The van der Waals surface area contributed by atoms with Gasteiger partial charge in [0, 0.05) is 18.1 Å². The largest absolute Gasteiger partial charge is 0.480 e. The van der Waals surface area contributed by atoms with E-state index in [-0.39, 0.29) is 0 Å². The van der Waals surface area contributed by atoms with E-state index < -0.39 is 0 Å². The molecule has 0 saturated heterocycles. The number of hydrogen-bond acceptors (Lipinski definition) is 6. The van der Waals surface area contributed by atoms with Gasteiger partial charge in [-0.25, -0.2) is 9.97 Å². The first-order valence-electron chi connectivity index (χ1n) is 6.12. The van der Waals surface area contributed by atoms with E-state index >= 15 is 0 Å². The highest BCUT2D eigenvalue weighted by atomic mass is 16.5. The standard InChI is InChI=1S/C14H13N5O/c1-20-14-8-16-7-13(19-14)11-3-2-9-6-17-10(5-15)4-12(9)18-11/h2-4,6-8H,5,15H2,1H3. The van der Waals surface area contributed by atoms with Crippen LogP contribution in [-0.2, 0) is 6.54 Å². The quantitative estimate of drug-likeness (QED) is 0.774. The Kier molecular flexibility index (Phi) is 3.22. The van der Waals surface area contributed by atoms with Gasteiger partial charge in [-0.2, -0.15) is 0 Å². The molecule has 0 fully saturated rings. The van der Waals surface area contributed by atoms with Crippen molar-refractivity contribution < 1.29 is 4.74 Å². The molecule has 0 amide bonds. The summed E-state index contributed by atoms with van der Waals surface area (Å²) in [5.74, 6) is 0.460. The summed E-state index contributed by atoms with van der Waals surface area (Å²) in [5, 5.41) is 0.960. The van der Waals surface area contributed by atoms with Crippen LogP contribution in [0.15, 0.2) is 36.8 Å². The number of fused-ring (bicyclic) bond motifs is 1. The molecule has 3 heterocycles. The Morgan fingerprint density at radius 2 is 2.00 bits per heavy atom. The Labute approximate surface area is 115 Å². The topological polar surface area (TPSA) is 86.8 Å². The molecular weight excluding hydrogens is 254 g/mol. The Bertz CT molecular complexity index is 759. The van der Waals surface area contributed by atoms with E-state index in [0.29, 0.717) is 18.1 Å². The summed E-state index contributed by atoms with van der Waals surface area (Å²) in [6, 6.07) is 5.72. The number of nitrogens with zero attached hydrogens (tertiary/aromatic N) is 4. The van der Waals surface area contributed by atoms with Crippen molar-refractivity contribution in [1.29, 1.82) is 0 Å². The van der Waals surface area contributed by atoms with Gasteiger partial charge in [0.2, 0.25) is 5.88 Å². The molecule has 0 spiro atoms. The van der Waals surface area contributed by atoms with Gasteiger partial charge in [0.15, 0.2) is 0 Å². The van der Waals surface area contributed by atoms with Gasteiger partial charge in [-0.3, -0.25) is 9.97 Å². The van der Waals surface area contributed by atoms with E-state index in [4.69, 9.17) is 10.5 Å². The van der Waals surface area contributed by atoms with Crippen LogP contribution in [0.1, 0.15) is 5.69 Å². The van der Waals surface area contributed by atoms with Crippen molar-refractivity contribution in [2.45, 2.75) is 6.54 Å². The molecule has 6 heteroatoms. The maximum Gasteiger partial charge on any atom is 0.232 e. The number of nitrogens with two attached hydrogens (primary N) is 1. The summed E-state index contributed by atoms with van der Waals surface area (Å²) in [5.41, 5.74) is 8.64. The molecule has 0 atom stereocenters. The Balaban J connectivity index is 2.11. The van der Waals surface area contributed by atoms with Crippen molar-refractivity contribution in [1.82, 2.24) is 19.9 Å². The van der Waals surface area contributed by atoms with Crippen LogP contribution < -0.4 is 10.5 Å². The van der Waals surface area contributed by atoms with Gasteiger partial charge >= 0.3 is 0 Å². The fourth-order valence-corrected chi connectivity index (χ4v) is 1.88. The van der Waals surface area contributed by atoms with Gasteiger partial charge in [0.25, 0.3) is 0 Å². The number of methoxy groups -OCH3 is 1. The van der Waals surface area contributed by atoms with E-state index in [2.05, 4.69) is 19.9 Å². The average molecular weight is 267 g/mol. The molecule has 0 aliphatic carbocycles. The maximum atomic E-state index is 5.60. The van der Waals surface area contributed by atoms with E-state index in [1.165, 1.54) is 0 Å². The highest BCUT2D eigenvalue weighted by molar-refractivity contribution is 5.80. The molecule has 3 rings (SSSR count). The van der Waals surface area contributed by atoms with Gasteiger partial charge in [0.05, 0.1) is 36.4 Å². The predicted molar refractivity (Wildman–Crippen MR) is 75.0 cm³/mol. The summed E-state index contributed by atoms with van der Waals surface area (Å²) in [6.07, 6.45) is 4.98. The molecule has 6 nitrogen and oxygen atoms in total. The van der Waals surface area contributed by atoms with Crippen molar-refractivity contribution in [2.24, 2.45) is 5.73 Å². The normalized spacial score (nSPS) is 10.7. The lowest BCUT2D eigenvalue weighted by Gasteiger charge is -2.05. The second kappa shape index (κ2) is 5.18. The zero-order valence-corrected chi connectivity index (χ0v) is 10.9. The minimum Gasteiger partial charge on any atom is -0.480 e. The van der Waals surface area contributed by atoms with Crippen LogP contribution in [0.2, 0.25) is 0 Å². The molecule has 0 unspecified atom stereocenters. The molecule has 2 N–H and O–H groups in total. The first kappa shape index (κ1) is 12.4. The second-order valence-corrected chi connectivity index (χ2v) is 4.22. The molecule has 0 bridgehead atoms. The molecule has 3 aromatic rings. The van der Waals surface area contributed by atoms with E-state index in [9.17, 15) is 0 Å². The lowest BCUT2D eigenvalue weighted by atomic mass is 10.2. The van der Waals surface area contributed by atoms with Crippen LogP contribution in [0, 0.1) is 0 Å². The van der Waals surface area contributed by atoms with Crippen LogP contribution in [0.4, 0.5) is 0 Å². The van der Waals surface area contributed by atoms with Crippen molar-refractivity contribution in [3.8, 4) is 17.3 Å². The molecule has 3 aromatic heterocycles. The van der Waals surface area contributed by atoms with E-state index in [1.807, 2.05) is 18.2 Å². The fourth-order valence-electron chi connectivity index (χ4n) is 1.88. The van der Waals surface area contributed by atoms with Gasteiger partial charge in [0.1, 0.15) is 5.69 Å². The minimum absolute atomic E-state index is 0.390. The number of ether oxygens (including phenoxy) is 1. The molecule has 0 aliphatic rings. The molecule has 0 aliphatic heterocycles. The van der Waals surface area contributed by atoms with Gasteiger partial charge in [-0.05, 0) is 18.2 Å². The monoisotopic (exact) mass is 267 g/mol. The van der Waals surface area contributed by atoms with Crippen molar-refractivity contribution in [2.75, 3.05) is 7.11 Å². The first-order valence-corrected chi connectivity index (χ1v) is 6.12. The lowest BCUT2D eigenvalue weighted by Crippen LogP contribution is -1.99. The Hall–Kier alpha value is -2.60. The molecule has 0 radical (unpaired) electrons. The summed E-state index contributed by atoms with van der Waals surface area (Å²) in [7, 11) is 1.56. The van der Waals surface area contributed by atoms with Crippen LogP contribution in [0.3, 0.4) is 0 Å². The highest BCUT2D eigenvalue weighted by Crippen LogP contribution is 2.20. The van der Waals surface area contributed by atoms with Crippen molar-refractivity contribution in [3.63, 3.8) is 0 Å². The number of aromatic nitrogens is 4. The zero-order valence-electron chi connectivity index (χ0n) is 10.9. The van der Waals surface area contributed by atoms with Crippen LogP contribution >= 0.6 is 0 Å². The molecule has 100 valence electrons. The Morgan fingerprint density at radius 3 is 2.80 bits per heavy atom. The third kappa shape index (κ3) is 2.28. The van der Waals surface area contributed by atoms with Crippen LogP contribution in [0.25, 0.3) is 22.3 Å². The predicted octanol–water partition coefficient (Wildman–Crippen LogP) is 1.55. The minimum atomic E-state index is 0.390. The highest BCUT2D eigenvalue weighted by Gasteiger charge is 2.06. The van der Waals surface area contributed by atoms with Crippen molar-refractivity contribution in [3.05, 3.63) is 42.5 Å². The molecule has 0 aromatic carbocycles. The number of hydrogen-bond donors (Lipinski definition) is 1. The van der Waals surface area contributed by atoms with Crippen molar-refractivity contribution >= 4 is 10.9 Å². The van der Waals surface area contributed by atoms with Gasteiger partial charge in [-0.1, -0.05) is 0 Å². The van der Waals surface area contributed by atoms with Gasteiger partial charge in [-0.15, -0.1) is 0 Å². The van der Waals surface area contributed by atoms with Crippen LogP contribution in [0.5, 0.6) is 5.88 Å². The second-order valence-electron chi connectivity index (χ2n) is 4.22. The molecule has 0 saturated carbocycles. The SMILES string of the molecule is COc1cncc(-c2ccc3cnc(CN)cc3n2)n1. The lowest BCUT2D eigenvalue weighted by molar-refractivity contribution is 0.396. The fraction of sp³-hybridized carbons (Fsp3) is 0.143. The summed E-state index contributed by atoms with van der Waals surface area (Å²) in [4.78, 5) is 17.2. The zero-order chi connectivity index (χ0) is 13.9. The van der Waals surface area contributed by atoms with E-state index in [1.54, 1.807) is 25.7 Å². The van der Waals surface area contributed by atoms with Crippen LogP contribution in [-0.4, -0.2) is 27.0 Å². The molecule has 20 heavy (non-hydrogen) atoms. The van der Waals surface area contributed by atoms with Gasteiger partial charge < -0.3 is 10.5 Å². The maximum absolute atomic E-state index is 5.60. The smallest absolute Gasteiger partial charge is 0.232 e. The summed E-state index contributed by atoms with van der Waals surface area (Å²) >= 11 is 0. The third-order valence-corrected chi connectivity index (χ3v) is 2.92. The summed E-state index contributed by atoms with van der Waals surface area (Å²) in [6.45, 7) is 0.390. The average Bonchev–Trinajstić information content (AvgIpc) is 2.53. The molecular formula is C14H13N5O. The third-order valence-electron chi connectivity index (χ3n) is 2.92. The number of pyridine rings is 2. The number of rotatable bonds is 3. The van der Waals surface area contributed by atoms with E-state index in [0.717, 1.165) is 22.3 Å². The Morgan fingerprint density at radius 1 is 1.10 bits per heavy atom. The summed E-state index contributed by atoms with van der Waals surface area (Å²) < 4.78 is 5.07.